The van der Waals surface area contributed by atoms with Crippen LogP contribution >= 0.6 is 0 Å². The van der Waals surface area contributed by atoms with E-state index < -0.39 is 0 Å². The van der Waals surface area contributed by atoms with Crippen molar-refractivity contribution in [3.63, 3.8) is 0 Å². The Morgan fingerprint density at radius 1 is 1.07 bits per heavy atom. The lowest BCUT2D eigenvalue weighted by Crippen LogP contribution is -2.24. The fraction of sp³-hybridized carbons (Fsp3) is 0.364. The molecule has 0 saturated carbocycles. The smallest absolute Gasteiger partial charge is 0.137 e. The van der Waals surface area contributed by atoms with Crippen LogP contribution < -0.4 is 15.4 Å². The molecule has 3 rings (SSSR count). The van der Waals surface area contributed by atoms with Gasteiger partial charge in [0, 0.05) is 18.5 Å². The van der Waals surface area contributed by atoms with Gasteiger partial charge >= 0.3 is 0 Å². The summed E-state index contributed by atoms with van der Waals surface area (Å²) < 4.78 is 5.93. The standard InChI is InChI=1S/C22H29N5O/c1-23-15-21(17-8-5-4-6-9-17)26-22-19-14-18(28-13-7-12-27(2)3)10-11-20(19)24-16-25-22/h4-6,8-11,14,16,21,23H,7,12-13,15H2,1-3H3,(H,24,25,26). The zero-order valence-electron chi connectivity index (χ0n) is 16.9. The fourth-order valence-electron chi connectivity index (χ4n) is 3.12. The Morgan fingerprint density at radius 2 is 1.89 bits per heavy atom. The fourth-order valence-corrected chi connectivity index (χ4v) is 3.12. The summed E-state index contributed by atoms with van der Waals surface area (Å²) >= 11 is 0. The minimum atomic E-state index is 0.106. The Bertz CT molecular complexity index is 869. The minimum absolute atomic E-state index is 0.106. The van der Waals surface area contributed by atoms with Crippen molar-refractivity contribution in [1.82, 2.24) is 20.2 Å². The number of nitrogens with zero attached hydrogens (tertiary/aromatic N) is 3. The van der Waals surface area contributed by atoms with Crippen LogP contribution in [0.4, 0.5) is 5.82 Å². The third-order valence-electron chi connectivity index (χ3n) is 4.55. The summed E-state index contributed by atoms with van der Waals surface area (Å²) in [7, 11) is 6.09. The van der Waals surface area contributed by atoms with Crippen molar-refractivity contribution in [2.45, 2.75) is 12.5 Å². The molecule has 1 unspecified atom stereocenters. The number of anilines is 1. The van der Waals surface area contributed by atoms with Crippen molar-refractivity contribution in [2.75, 3.05) is 46.2 Å². The topological polar surface area (TPSA) is 62.3 Å². The number of hydrogen-bond donors (Lipinski definition) is 2. The number of likely N-dealkylation sites (N-methyl/N-ethyl adjacent to an activating group) is 1. The van der Waals surface area contributed by atoms with E-state index in [1.165, 1.54) is 5.56 Å². The molecule has 1 aromatic heterocycles. The van der Waals surface area contributed by atoms with Crippen LogP contribution in [-0.2, 0) is 0 Å². The van der Waals surface area contributed by atoms with E-state index in [0.717, 1.165) is 42.0 Å². The second-order valence-electron chi connectivity index (χ2n) is 7.07. The van der Waals surface area contributed by atoms with Gasteiger partial charge in [0.05, 0.1) is 18.2 Å². The predicted molar refractivity (Wildman–Crippen MR) is 115 cm³/mol. The summed E-state index contributed by atoms with van der Waals surface area (Å²) in [6.45, 7) is 2.48. The summed E-state index contributed by atoms with van der Waals surface area (Å²) in [4.78, 5) is 11.1. The summed E-state index contributed by atoms with van der Waals surface area (Å²) in [5.74, 6) is 1.65. The second-order valence-corrected chi connectivity index (χ2v) is 7.07. The highest BCUT2D eigenvalue weighted by molar-refractivity contribution is 5.90. The van der Waals surface area contributed by atoms with Crippen LogP contribution in [0.1, 0.15) is 18.0 Å². The quantitative estimate of drug-likeness (QED) is 0.527. The molecular formula is C22H29N5O. The monoisotopic (exact) mass is 379 g/mol. The van der Waals surface area contributed by atoms with Crippen LogP contribution in [0.15, 0.2) is 54.9 Å². The van der Waals surface area contributed by atoms with Crippen molar-refractivity contribution >= 4 is 16.7 Å². The van der Waals surface area contributed by atoms with Crippen LogP contribution in [0.2, 0.25) is 0 Å². The Labute approximate surface area is 167 Å². The Hall–Kier alpha value is -2.70. The van der Waals surface area contributed by atoms with E-state index in [1.54, 1.807) is 6.33 Å². The van der Waals surface area contributed by atoms with E-state index >= 15 is 0 Å². The van der Waals surface area contributed by atoms with E-state index in [1.807, 2.05) is 31.3 Å². The van der Waals surface area contributed by atoms with Crippen LogP contribution in [0, 0.1) is 0 Å². The first-order valence-electron chi connectivity index (χ1n) is 9.65. The Kier molecular flexibility index (Phi) is 7.17. The molecule has 1 heterocycles. The van der Waals surface area contributed by atoms with Gasteiger partial charge in [-0.3, -0.25) is 0 Å². The molecular weight excluding hydrogens is 350 g/mol. The molecule has 28 heavy (non-hydrogen) atoms. The molecule has 0 amide bonds. The molecule has 0 radical (unpaired) electrons. The molecule has 0 aliphatic heterocycles. The van der Waals surface area contributed by atoms with Crippen molar-refractivity contribution in [2.24, 2.45) is 0 Å². The van der Waals surface area contributed by atoms with Gasteiger partial charge in [0.15, 0.2) is 0 Å². The largest absolute Gasteiger partial charge is 0.494 e. The highest BCUT2D eigenvalue weighted by Gasteiger charge is 2.13. The maximum absolute atomic E-state index is 5.93. The number of rotatable bonds is 10. The first kappa shape index (κ1) is 20.0. The second kappa shape index (κ2) is 10.0. The van der Waals surface area contributed by atoms with Crippen LogP contribution in [-0.4, -0.2) is 55.7 Å². The molecule has 148 valence electrons. The normalized spacial score (nSPS) is 12.3. The molecule has 0 saturated heterocycles. The third kappa shape index (κ3) is 5.41. The molecule has 0 bridgehead atoms. The average Bonchev–Trinajstić information content (AvgIpc) is 2.71. The number of ether oxygens (including phenoxy) is 1. The van der Waals surface area contributed by atoms with Gasteiger partial charge in [-0.1, -0.05) is 30.3 Å². The number of fused-ring (bicyclic) bond motifs is 1. The maximum Gasteiger partial charge on any atom is 0.137 e. The van der Waals surface area contributed by atoms with Gasteiger partial charge in [-0.05, 0) is 51.3 Å². The van der Waals surface area contributed by atoms with Crippen molar-refractivity contribution in [3.05, 3.63) is 60.4 Å². The van der Waals surface area contributed by atoms with Crippen molar-refractivity contribution < 1.29 is 4.74 Å². The molecule has 3 aromatic rings. The predicted octanol–water partition coefficient (Wildman–Crippen LogP) is 3.33. The molecule has 1 atom stereocenters. The first-order chi connectivity index (χ1) is 13.7. The lowest BCUT2D eigenvalue weighted by molar-refractivity contribution is 0.282. The molecule has 0 fully saturated rings. The number of benzene rings is 2. The lowest BCUT2D eigenvalue weighted by Gasteiger charge is -2.20. The Balaban J connectivity index is 1.80. The summed E-state index contributed by atoms with van der Waals surface area (Å²) in [5, 5.41) is 7.79. The molecule has 6 heteroatoms. The SMILES string of the molecule is CNCC(Nc1ncnc2ccc(OCCCN(C)C)cc12)c1ccccc1. The van der Waals surface area contributed by atoms with Gasteiger partial charge in [0.1, 0.15) is 17.9 Å². The number of nitrogens with one attached hydrogen (secondary N) is 2. The lowest BCUT2D eigenvalue weighted by atomic mass is 10.1. The summed E-state index contributed by atoms with van der Waals surface area (Å²) in [6, 6.07) is 16.5. The van der Waals surface area contributed by atoms with E-state index in [4.69, 9.17) is 4.74 Å². The zero-order valence-corrected chi connectivity index (χ0v) is 16.9. The zero-order chi connectivity index (χ0) is 19.8. The molecule has 6 nitrogen and oxygen atoms in total. The highest BCUT2D eigenvalue weighted by Crippen LogP contribution is 2.27. The van der Waals surface area contributed by atoms with Gasteiger partial charge in [0.2, 0.25) is 0 Å². The van der Waals surface area contributed by atoms with E-state index in [9.17, 15) is 0 Å². The van der Waals surface area contributed by atoms with Gasteiger partial charge < -0.3 is 20.3 Å². The third-order valence-corrected chi connectivity index (χ3v) is 4.55. The average molecular weight is 380 g/mol. The van der Waals surface area contributed by atoms with Gasteiger partial charge in [0.25, 0.3) is 0 Å². The van der Waals surface area contributed by atoms with E-state index in [2.05, 4.69) is 63.9 Å². The van der Waals surface area contributed by atoms with Crippen molar-refractivity contribution in [3.8, 4) is 5.75 Å². The molecule has 0 spiro atoms. The maximum atomic E-state index is 5.93. The molecule has 0 aliphatic rings. The van der Waals surface area contributed by atoms with Crippen LogP contribution in [0.3, 0.4) is 0 Å². The van der Waals surface area contributed by atoms with E-state index in [-0.39, 0.29) is 6.04 Å². The molecule has 2 aromatic carbocycles. The molecule has 0 aliphatic carbocycles. The van der Waals surface area contributed by atoms with Gasteiger partial charge in [-0.25, -0.2) is 9.97 Å². The summed E-state index contributed by atoms with van der Waals surface area (Å²) in [6.07, 6.45) is 2.59. The molecule has 2 N–H and O–H groups in total. The van der Waals surface area contributed by atoms with Crippen LogP contribution in [0.25, 0.3) is 10.9 Å². The Morgan fingerprint density at radius 3 is 2.64 bits per heavy atom. The first-order valence-corrected chi connectivity index (χ1v) is 9.65. The summed E-state index contributed by atoms with van der Waals surface area (Å²) in [5.41, 5.74) is 2.11. The van der Waals surface area contributed by atoms with Crippen molar-refractivity contribution in [1.29, 1.82) is 0 Å². The van der Waals surface area contributed by atoms with E-state index in [0.29, 0.717) is 6.61 Å². The number of hydrogen-bond acceptors (Lipinski definition) is 6. The number of aromatic nitrogens is 2. The van der Waals surface area contributed by atoms with Gasteiger partial charge in [-0.2, -0.15) is 0 Å². The van der Waals surface area contributed by atoms with Crippen LogP contribution in [0.5, 0.6) is 5.75 Å². The highest BCUT2D eigenvalue weighted by atomic mass is 16.5. The minimum Gasteiger partial charge on any atom is -0.494 e. The van der Waals surface area contributed by atoms with Gasteiger partial charge in [-0.15, -0.1) is 0 Å².